The molecule has 0 aliphatic carbocycles. The van der Waals surface area contributed by atoms with Crippen molar-refractivity contribution >= 4 is 21.6 Å². The summed E-state index contributed by atoms with van der Waals surface area (Å²) in [6.45, 7) is 5.09. The predicted molar refractivity (Wildman–Crippen MR) is 75.2 cm³/mol. The zero-order valence-electron chi connectivity index (χ0n) is 10.6. The molecule has 0 amide bonds. The lowest BCUT2D eigenvalue weighted by Crippen LogP contribution is -2.38. The van der Waals surface area contributed by atoms with Crippen LogP contribution in [0, 0.1) is 0 Å². The minimum atomic E-state index is -3.30. The molecule has 1 aromatic rings. The van der Waals surface area contributed by atoms with Gasteiger partial charge in [0.1, 0.15) is 0 Å². The lowest BCUT2D eigenvalue weighted by molar-refractivity contribution is 0.560. The fourth-order valence-electron chi connectivity index (χ4n) is 1.43. The Bertz CT molecular complexity index is 477. The van der Waals surface area contributed by atoms with Crippen molar-refractivity contribution in [3.05, 3.63) is 34.9 Å². The summed E-state index contributed by atoms with van der Waals surface area (Å²) in [6.07, 6.45) is 0. The van der Waals surface area contributed by atoms with Crippen molar-refractivity contribution in [2.24, 2.45) is 0 Å². The summed E-state index contributed by atoms with van der Waals surface area (Å²) in [5, 5.41) is 3.16. The van der Waals surface area contributed by atoms with E-state index in [0.717, 1.165) is 12.1 Å². The smallest absolute Gasteiger partial charge is 0.215 e. The number of nitrogens with one attached hydrogen (secondary N) is 2. The van der Waals surface area contributed by atoms with E-state index >= 15 is 0 Å². The van der Waals surface area contributed by atoms with E-state index in [1.165, 1.54) is 0 Å². The molecule has 0 radical (unpaired) electrons. The molecule has 0 saturated heterocycles. The van der Waals surface area contributed by atoms with Gasteiger partial charge in [0, 0.05) is 18.1 Å². The molecule has 1 atom stereocenters. The SMILES string of the molecule is CCNCC(C)S(=O)(=O)NCc1cccc(Cl)c1. The largest absolute Gasteiger partial charge is 0.316 e. The number of rotatable bonds is 7. The lowest BCUT2D eigenvalue weighted by Gasteiger charge is -2.14. The maximum atomic E-state index is 11.9. The molecule has 6 heteroatoms. The van der Waals surface area contributed by atoms with E-state index in [-0.39, 0.29) is 6.54 Å². The van der Waals surface area contributed by atoms with Crippen LogP contribution in [0.3, 0.4) is 0 Å². The van der Waals surface area contributed by atoms with Crippen molar-refractivity contribution in [2.75, 3.05) is 13.1 Å². The number of sulfonamides is 1. The summed E-state index contributed by atoms with van der Waals surface area (Å²) in [6, 6.07) is 7.14. The molecule has 0 aliphatic rings. The molecular weight excluding hydrogens is 272 g/mol. The highest BCUT2D eigenvalue weighted by atomic mass is 35.5. The van der Waals surface area contributed by atoms with Crippen LogP contribution in [0.4, 0.5) is 0 Å². The Labute approximate surface area is 114 Å². The first kappa shape index (κ1) is 15.4. The van der Waals surface area contributed by atoms with Gasteiger partial charge in [-0.1, -0.05) is 30.7 Å². The molecule has 0 aliphatic heterocycles. The Morgan fingerprint density at radius 2 is 2.11 bits per heavy atom. The van der Waals surface area contributed by atoms with Gasteiger partial charge in [0.15, 0.2) is 0 Å². The van der Waals surface area contributed by atoms with Crippen LogP contribution in [0.15, 0.2) is 24.3 Å². The average Bonchev–Trinajstić information content (AvgIpc) is 2.33. The average molecular weight is 291 g/mol. The molecule has 1 aromatic carbocycles. The Kier molecular flexibility index (Phi) is 6.08. The van der Waals surface area contributed by atoms with E-state index in [2.05, 4.69) is 10.0 Å². The first-order chi connectivity index (χ1) is 8.45. The summed E-state index contributed by atoms with van der Waals surface area (Å²) < 4.78 is 26.4. The van der Waals surface area contributed by atoms with Crippen LogP contribution in [0.1, 0.15) is 19.4 Å². The minimum absolute atomic E-state index is 0.263. The van der Waals surface area contributed by atoms with Crippen molar-refractivity contribution in [3.63, 3.8) is 0 Å². The molecule has 4 nitrogen and oxygen atoms in total. The first-order valence-corrected chi connectivity index (χ1v) is 7.81. The van der Waals surface area contributed by atoms with Gasteiger partial charge in [-0.15, -0.1) is 0 Å². The summed E-state index contributed by atoms with van der Waals surface area (Å²) >= 11 is 5.84. The number of halogens is 1. The van der Waals surface area contributed by atoms with Gasteiger partial charge in [-0.2, -0.15) is 0 Å². The molecule has 0 heterocycles. The highest BCUT2D eigenvalue weighted by molar-refractivity contribution is 7.90. The fourth-order valence-corrected chi connectivity index (χ4v) is 2.63. The second-order valence-electron chi connectivity index (χ2n) is 4.11. The van der Waals surface area contributed by atoms with Crippen molar-refractivity contribution in [1.29, 1.82) is 0 Å². The zero-order valence-corrected chi connectivity index (χ0v) is 12.2. The molecule has 0 aromatic heterocycles. The number of hydrogen-bond donors (Lipinski definition) is 2. The number of benzene rings is 1. The third-order valence-electron chi connectivity index (χ3n) is 2.58. The third-order valence-corrected chi connectivity index (χ3v) is 4.59. The summed E-state index contributed by atoms with van der Waals surface area (Å²) in [5.74, 6) is 0. The van der Waals surface area contributed by atoms with Crippen LogP contribution in [0.2, 0.25) is 5.02 Å². The van der Waals surface area contributed by atoms with Crippen molar-refractivity contribution in [2.45, 2.75) is 25.6 Å². The Morgan fingerprint density at radius 3 is 2.72 bits per heavy atom. The van der Waals surface area contributed by atoms with Crippen molar-refractivity contribution in [3.8, 4) is 0 Å². The molecule has 0 saturated carbocycles. The summed E-state index contributed by atoms with van der Waals surface area (Å²) in [7, 11) is -3.30. The normalized spacial score (nSPS) is 13.5. The van der Waals surface area contributed by atoms with E-state index in [1.807, 2.05) is 13.0 Å². The molecule has 0 bridgehead atoms. The summed E-state index contributed by atoms with van der Waals surface area (Å²) in [4.78, 5) is 0. The van der Waals surface area contributed by atoms with Gasteiger partial charge in [0.2, 0.25) is 10.0 Å². The molecule has 1 unspecified atom stereocenters. The van der Waals surface area contributed by atoms with Gasteiger partial charge in [0.25, 0.3) is 0 Å². The van der Waals surface area contributed by atoms with Crippen molar-refractivity contribution in [1.82, 2.24) is 10.0 Å². The lowest BCUT2D eigenvalue weighted by atomic mass is 10.2. The Balaban J connectivity index is 2.56. The van der Waals surface area contributed by atoms with Gasteiger partial charge in [-0.25, -0.2) is 13.1 Å². The van der Waals surface area contributed by atoms with Crippen LogP contribution in [0.25, 0.3) is 0 Å². The fraction of sp³-hybridized carbons (Fsp3) is 0.500. The van der Waals surface area contributed by atoms with Crippen molar-refractivity contribution < 1.29 is 8.42 Å². The minimum Gasteiger partial charge on any atom is -0.316 e. The maximum absolute atomic E-state index is 11.9. The maximum Gasteiger partial charge on any atom is 0.215 e. The Hall–Kier alpha value is -0.620. The third kappa shape index (κ3) is 4.94. The summed E-state index contributed by atoms with van der Waals surface area (Å²) in [5.41, 5.74) is 0.849. The second-order valence-corrected chi connectivity index (χ2v) is 6.73. The van der Waals surface area contributed by atoms with E-state index in [9.17, 15) is 8.42 Å². The predicted octanol–water partition coefficient (Wildman–Crippen LogP) is 1.76. The standard InChI is InChI=1S/C12H19ClN2O2S/c1-3-14-8-10(2)18(16,17)15-9-11-5-4-6-12(13)7-11/h4-7,10,14-15H,3,8-9H2,1-2H3. The van der Waals surface area contributed by atoms with Gasteiger partial charge in [-0.05, 0) is 31.2 Å². The topological polar surface area (TPSA) is 58.2 Å². The van der Waals surface area contributed by atoms with E-state index < -0.39 is 15.3 Å². The van der Waals surface area contributed by atoms with Crippen LogP contribution >= 0.6 is 11.6 Å². The zero-order chi connectivity index (χ0) is 13.6. The monoisotopic (exact) mass is 290 g/mol. The quantitative estimate of drug-likeness (QED) is 0.804. The first-order valence-electron chi connectivity index (χ1n) is 5.89. The molecule has 0 spiro atoms. The van der Waals surface area contributed by atoms with E-state index in [1.54, 1.807) is 25.1 Å². The van der Waals surface area contributed by atoms with Crippen LogP contribution in [0.5, 0.6) is 0 Å². The van der Waals surface area contributed by atoms with Gasteiger partial charge >= 0.3 is 0 Å². The van der Waals surface area contributed by atoms with Gasteiger partial charge < -0.3 is 5.32 Å². The molecular formula is C12H19ClN2O2S. The molecule has 2 N–H and O–H groups in total. The highest BCUT2D eigenvalue weighted by Gasteiger charge is 2.19. The Morgan fingerprint density at radius 1 is 1.39 bits per heavy atom. The molecule has 1 rings (SSSR count). The highest BCUT2D eigenvalue weighted by Crippen LogP contribution is 2.11. The molecule has 102 valence electrons. The van der Waals surface area contributed by atoms with Crippen LogP contribution in [-0.4, -0.2) is 26.8 Å². The van der Waals surface area contributed by atoms with Gasteiger partial charge in [-0.3, -0.25) is 0 Å². The van der Waals surface area contributed by atoms with Crippen LogP contribution < -0.4 is 10.0 Å². The molecule has 0 fully saturated rings. The van der Waals surface area contributed by atoms with E-state index in [4.69, 9.17) is 11.6 Å². The second kappa shape index (κ2) is 7.09. The van der Waals surface area contributed by atoms with Gasteiger partial charge in [0.05, 0.1) is 5.25 Å². The number of hydrogen-bond acceptors (Lipinski definition) is 3. The molecule has 18 heavy (non-hydrogen) atoms. The van der Waals surface area contributed by atoms with E-state index in [0.29, 0.717) is 11.6 Å². The van der Waals surface area contributed by atoms with Crippen LogP contribution in [-0.2, 0) is 16.6 Å².